The van der Waals surface area contributed by atoms with Crippen molar-refractivity contribution in [3.05, 3.63) is 59.4 Å². The van der Waals surface area contributed by atoms with Crippen LogP contribution in [0.4, 0.5) is 0 Å². The van der Waals surface area contributed by atoms with Crippen molar-refractivity contribution in [2.75, 3.05) is 26.2 Å². The molecule has 5 heteroatoms. The minimum Gasteiger partial charge on any atom is -0.387 e. The van der Waals surface area contributed by atoms with Crippen molar-refractivity contribution in [3.63, 3.8) is 0 Å². The first kappa shape index (κ1) is 16.4. The van der Waals surface area contributed by atoms with Crippen LogP contribution in [0.25, 0.3) is 0 Å². The SMILES string of the molecule is Cn1cccc1C(=O)N1CCC(O)(CN2CCc3ccccc3C2)C1. The lowest BCUT2D eigenvalue weighted by Crippen LogP contribution is -2.47. The van der Waals surface area contributed by atoms with E-state index in [1.165, 1.54) is 11.1 Å². The van der Waals surface area contributed by atoms with E-state index >= 15 is 0 Å². The van der Waals surface area contributed by atoms with Crippen LogP contribution in [0.5, 0.6) is 0 Å². The topological polar surface area (TPSA) is 48.7 Å². The van der Waals surface area contributed by atoms with Gasteiger partial charge >= 0.3 is 0 Å². The Hall–Kier alpha value is -2.11. The van der Waals surface area contributed by atoms with Crippen molar-refractivity contribution in [1.82, 2.24) is 14.4 Å². The van der Waals surface area contributed by atoms with Crippen LogP contribution in [0.3, 0.4) is 0 Å². The van der Waals surface area contributed by atoms with Gasteiger partial charge in [0.15, 0.2) is 0 Å². The molecule has 1 aromatic carbocycles. The second-order valence-corrected chi connectivity index (χ2v) is 7.43. The third-order valence-corrected chi connectivity index (χ3v) is 5.51. The molecule has 1 aromatic heterocycles. The number of aromatic nitrogens is 1. The highest BCUT2D eigenvalue weighted by atomic mass is 16.3. The van der Waals surface area contributed by atoms with E-state index in [2.05, 4.69) is 29.2 Å². The van der Waals surface area contributed by atoms with E-state index in [1.54, 1.807) is 4.90 Å². The van der Waals surface area contributed by atoms with Crippen LogP contribution in [0.2, 0.25) is 0 Å². The van der Waals surface area contributed by atoms with Gasteiger partial charge in [0.05, 0.1) is 12.1 Å². The maximum atomic E-state index is 12.7. The van der Waals surface area contributed by atoms with Gasteiger partial charge in [-0.3, -0.25) is 9.69 Å². The quantitative estimate of drug-likeness (QED) is 0.925. The molecule has 1 unspecified atom stereocenters. The standard InChI is InChI=1S/C20H25N3O2/c1-21-10-4-7-18(21)19(24)23-12-9-20(25,15-23)14-22-11-8-16-5-2-3-6-17(16)13-22/h2-7,10,25H,8-9,11-15H2,1H3. The molecule has 132 valence electrons. The number of likely N-dealkylation sites (tertiary alicyclic amines) is 1. The average Bonchev–Trinajstić information content (AvgIpc) is 3.20. The Morgan fingerprint density at radius 2 is 1.96 bits per heavy atom. The van der Waals surface area contributed by atoms with Gasteiger partial charge in [0.25, 0.3) is 5.91 Å². The summed E-state index contributed by atoms with van der Waals surface area (Å²) in [6.07, 6.45) is 3.54. The summed E-state index contributed by atoms with van der Waals surface area (Å²) in [5, 5.41) is 11.0. The van der Waals surface area contributed by atoms with Gasteiger partial charge in [-0.15, -0.1) is 0 Å². The fourth-order valence-electron chi connectivity index (χ4n) is 4.11. The van der Waals surface area contributed by atoms with E-state index in [0.717, 1.165) is 19.5 Å². The minimum absolute atomic E-state index is 0.00687. The summed E-state index contributed by atoms with van der Waals surface area (Å²) in [5.74, 6) is 0.00687. The Morgan fingerprint density at radius 1 is 1.16 bits per heavy atom. The molecule has 1 N–H and O–H groups in total. The molecule has 0 saturated carbocycles. The van der Waals surface area contributed by atoms with E-state index < -0.39 is 5.60 Å². The zero-order valence-corrected chi connectivity index (χ0v) is 14.7. The van der Waals surface area contributed by atoms with Crippen molar-refractivity contribution in [2.45, 2.75) is 25.0 Å². The molecule has 2 aliphatic heterocycles. The molecule has 2 aliphatic rings. The van der Waals surface area contributed by atoms with Crippen LogP contribution in [-0.2, 0) is 20.0 Å². The maximum Gasteiger partial charge on any atom is 0.270 e. The van der Waals surface area contributed by atoms with Gasteiger partial charge in [-0.1, -0.05) is 24.3 Å². The number of aliphatic hydroxyl groups is 1. The van der Waals surface area contributed by atoms with E-state index in [9.17, 15) is 9.90 Å². The molecule has 25 heavy (non-hydrogen) atoms. The summed E-state index contributed by atoms with van der Waals surface area (Å²) in [7, 11) is 1.88. The first-order valence-corrected chi connectivity index (χ1v) is 8.96. The van der Waals surface area contributed by atoms with Crippen molar-refractivity contribution in [2.24, 2.45) is 7.05 Å². The first-order valence-electron chi connectivity index (χ1n) is 8.96. The molecule has 0 bridgehead atoms. The number of hydrogen-bond donors (Lipinski definition) is 1. The number of benzene rings is 1. The van der Waals surface area contributed by atoms with Gasteiger partial charge in [-0.05, 0) is 36.1 Å². The lowest BCUT2D eigenvalue weighted by atomic mass is 9.97. The summed E-state index contributed by atoms with van der Waals surface area (Å²) in [6.45, 7) is 3.49. The molecule has 1 saturated heterocycles. The number of fused-ring (bicyclic) bond motifs is 1. The summed E-state index contributed by atoms with van der Waals surface area (Å²) >= 11 is 0. The fraction of sp³-hybridized carbons (Fsp3) is 0.450. The molecule has 0 spiro atoms. The van der Waals surface area contributed by atoms with Crippen LogP contribution < -0.4 is 0 Å². The molecule has 1 amide bonds. The Labute approximate surface area is 148 Å². The second kappa shape index (κ2) is 6.32. The Morgan fingerprint density at radius 3 is 2.72 bits per heavy atom. The molecular weight excluding hydrogens is 314 g/mol. The Balaban J connectivity index is 1.41. The summed E-state index contributed by atoms with van der Waals surface area (Å²) in [4.78, 5) is 16.8. The molecule has 5 nitrogen and oxygen atoms in total. The van der Waals surface area contributed by atoms with Gasteiger partial charge in [-0.2, -0.15) is 0 Å². The van der Waals surface area contributed by atoms with Crippen molar-refractivity contribution < 1.29 is 9.90 Å². The second-order valence-electron chi connectivity index (χ2n) is 7.43. The normalized spacial score (nSPS) is 23.7. The predicted octanol–water partition coefficient (Wildman–Crippen LogP) is 1.66. The van der Waals surface area contributed by atoms with E-state index in [4.69, 9.17) is 0 Å². The monoisotopic (exact) mass is 339 g/mol. The van der Waals surface area contributed by atoms with Gasteiger partial charge in [0.2, 0.25) is 0 Å². The third-order valence-electron chi connectivity index (χ3n) is 5.51. The van der Waals surface area contributed by atoms with Gasteiger partial charge < -0.3 is 14.6 Å². The largest absolute Gasteiger partial charge is 0.387 e. The van der Waals surface area contributed by atoms with E-state index in [0.29, 0.717) is 31.7 Å². The van der Waals surface area contributed by atoms with Crippen molar-refractivity contribution >= 4 is 5.91 Å². The maximum absolute atomic E-state index is 12.7. The summed E-state index contributed by atoms with van der Waals surface area (Å²) in [6, 6.07) is 12.2. The zero-order valence-electron chi connectivity index (χ0n) is 14.7. The smallest absolute Gasteiger partial charge is 0.270 e. The molecule has 1 atom stereocenters. The third kappa shape index (κ3) is 3.22. The van der Waals surface area contributed by atoms with Crippen LogP contribution >= 0.6 is 0 Å². The molecule has 0 aliphatic carbocycles. The number of hydrogen-bond acceptors (Lipinski definition) is 3. The number of β-amino-alcohol motifs (C(OH)–C–C–N with tert-alkyl or cyclic N) is 1. The highest BCUT2D eigenvalue weighted by Crippen LogP contribution is 2.27. The Bertz CT molecular complexity index is 785. The minimum atomic E-state index is -0.812. The lowest BCUT2D eigenvalue weighted by Gasteiger charge is -2.34. The highest BCUT2D eigenvalue weighted by molar-refractivity contribution is 5.93. The number of carbonyl (C=O) groups is 1. The van der Waals surface area contributed by atoms with Gasteiger partial charge in [0, 0.05) is 39.4 Å². The van der Waals surface area contributed by atoms with Gasteiger partial charge in [0.1, 0.15) is 5.69 Å². The van der Waals surface area contributed by atoms with E-state index in [-0.39, 0.29) is 5.91 Å². The van der Waals surface area contributed by atoms with Crippen molar-refractivity contribution in [1.29, 1.82) is 0 Å². The molecule has 4 rings (SSSR count). The molecule has 3 heterocycles. The molecule has 1 fully saturated rings. The number of carbonyl (C=O) groups excluding carboxylic acids is 1. The fourth-order valence-corrected chi connectivity index (χ4v) is 4.11. The number of rotatable bonds is 3. The highest BCUT2D eigenvalue weighted by Gasteiger charge is 2.40. The van der Waals surface area contributed by atoms with Crippen LogP contribution in [0.15, 0.2) is 42.6 Å². The zero-order chi connectivity index (χ0) is 17.4. The molecule has 0 radical (unpaired) electrons. The van der Waals surface area contributed by atoms with Crippen LogP contribution in [-0.4, -0.2) is 57.2 Å². The first-order chi connectivity index (χ1) is 12.0. The number of amides is 1. The van der Waals surface area contributed by atoms with Gasteiger partial charge in [-0.25, -0.2) is 0 Å². The number of aryl methyl sites for hydroxylation is 1. The Kier molecular flexibility index (Phi) is 4.13. The predicted molar refractivity (Wildman–Crippen MR) is 96.3 cm³/mol. The number of nitrogens with zero attached hydrogens (tertiary/aromatic N) is 3. The van der Waals surface area contributed by atoms with E-state index in [1.807, 2.05) is 29.9 Å². The lowest BCUT2D eigenvalue weighted by molar-refractivity contribution is 0.00795. The average molecular weight is 339 g/mol. The molecule has 2 aromatic rings. The molecular formula is C20H25N3O2. The van der Waals surface area contributed by atoms with Crippen LogP contribution in [0, 0.1) is 0 Å². The van der Waals surface area contributed by atoms with Crippen molar-refractivity contribution in [3.8, 4) is 0 Å². The summed E-state index contributed by atoms with van der Waals surface area (Å²) in [5.41, 5.74) is 2.63. The summed E-state index contributed by atoms with van der Waals surface area (Å²) < 4.78 is 1.83. The van der Waals surface area contributed by atoms with Crippen LogP contribution in [0.1, 0.15) is 28.0 Å².